The van der Waals surface area contributed by atoms with Gasteiger partial charge in [0, 0.05) is 15.5 Å². The summed E-state index contributed by atoms with van der Waals surface area (Å²) in [5.41, 5.74) is 6.56. The Morgan fingerprint density at radius 2 is 2.00 bits per heavy atom. The predicted octanol–water partition coefficient (Wildman–Crippen LogP) is 3.83. The van der Waals surface area contributed by atoms with E-state index in [0.717, 1.165) is 15.5 Å². The van der Waals surface area contributed by atoms with Crippen LogP contribution in [0.15, 0.2) is 34.4 Å². The third kappa shape index (κ3) is 2.83. The highest BCUT2D eigenvalue weighted by Gasteiger charge is 2.09. The third-order valence-corrected chi connectivity index (χ3v) is 4.02. The van der Waals surface area contributed by atoms with Gasteiger partial charge in [-0.15, -0.1) is 0 Å². The highest BCUT2D eigenvalue weighted by atomic mass is 35.5. The maximum absolute atomic E-state index is 6.08. The van der Waals surface area contributed by atoms with Crippen LogP contribution in [-0.2, 0) is 0 Å². The molecule has 17 heavy (non-hydrogen) atoms. The molecule has 1 aromatic heterocycles. The predicted molar refractivity (Wildman–Crippen MR) is 71.8 cm³/mol. The highest BCUT2D eigenvalue weighted by molar-refractivity contribution is 7.99. The van der Waals surface area contributed by atoms with Gasteiger partial charge in [-0.1, -0.05) is 35.0 Å². The molecule has 0 radical (unpaired) electrons. The first kappa shape index (κ1) is 12.5. The van der Waals surface area contributed by atoms with Crippen molar-refractivity contribution in [3.63, 3.8) is 0 Å². The molecule has 0 bridgehead atoms. The summed E-state index contributed by atoms with van der Waals surface area (Å²) in [6, 6.07) is 5.30. The lowest BCUT2D eigenvalue weighted by Gasteiger charge is -2.07. The van der Waals surface area contributed by atoms with Gasteiger partial charge in [0.1, 0.15) is 17.2 Å². The van der Waals surface area contributed by atoms with E-state index < -0.39 is 0 Å². The minimum absolute atomic E-state index is 0.473. The van der Waals surface area contributed by atoms with E-state index in [1.54, 1.807) is 18.2 Å². The summed E-state index contributed by atoms with van der Waals surface area (Å²) in [6.45, 7) is 1.87. The average molecular weight is 286 g/mol. The third-order valence-electron chi connectivity index (χ3n) is 2.18. The van der Waals surface area contributed by atoms with E-state index in [2.05, 4.69) is 9.97 Å². The van der Waals surface area contributed by atoms with Crippen molar-refractivity contribution in [2.24, 2.45) is 0 Å². The topological polar surface area (TPSA) is 51.8 Å². The molecule has 0 unspecified atom stereocenters. The van der Waals surface area contributed by atoms with Crippen molar-refractivity contribution in [2.75, 3.05) is 5.73 Å². The smallest absolute Gasteiger partial charge is 0.130 e. The molecular formula is C11H9Cl2N3S. The van der Waals surface area contributed by atoms with E-state index in [9.17, 15) is 0 Å². The van der Waals surface area contributed by atoms with Crippen LogP contribution in [-0.4, -0.2) is 9.97 Å². The van der Waals surface area contributed by atoms with Crippen LogP contribution < -0.4 is 5.73 Å². The first-order valence-corrected chi connectivity index (χ1v) is 6.35. The van der Waals surface area contributed by atoms with Crippen LogP contribution in [0.3, 0.4) is 0 Å². The Labute approximate surface area is 113 Å². The minimum Gasteiger partial charge on any atom is -0.383 e. The average Bonchev–Trinajstić information content (AvgIpc) is 2.30. The number of nitrogens with zero attached hydrogens (tertiary/aromatic N) is 2. The second-order valence-corrected chi connectivity index (χ2v) is 5.24. The second kappa shape index (κ2) is 5.12. The van der Waals surface area contributed by atoms with Crippen LogP contribution in [0.25, 0.3) is 0 Å². The fourth-order valence-electron chi connectivity index (χ4n) is 1.21. The standard InChI is InChI=1S/C11H9Cl2N3S/c1-6-10(14)15-5-16-11(6)17-9-4-7(12)2-3-8(9)13/h2-5H,1H3,(H2,14,15,16). The lowest BCUT2D eigenvalue weighted by atomic mass is 10.3. The number of rotatable bonds is 2. The van der Waals surface area contributed by atoms with Crippen molar-refractivity contribution in [3.05, 3.63) is 40.1 Å². The van der Waals surface area contributed by atoms with Gasteiger partial charge in [0.25, 0.3) is 0 Å². The quantitative estimate of drug-likeness (QED) is 0.852. The van der Waals surface area contributed by atoms with Gasteiger partial charge in [-0.05, 0) is 25.1 Å². The van der Waals surface area contributed by atoms with Crippen LogP contribution in [0.4, 0.5) is 5.82 Å². The number of halogens is 2. The largest absolute Gasteiger partial charge is 0.383 e. The molecule has 0 aliphatic rings. The lowest BCUT2D eigenvalue weighted by molar-refractivity contribution is 1.01. The Kier molecular flexibility index (Phi) is 3.76. The molecular weight excluding hydrogens is 277 g/mol. The van der Waals surface area contributed by atoms with Gasteiger partial charge in [0.2, 0.25) is 0 Å². The van der Waals surface area contributed by atoms with Crippen LogP contribution in [0, 0.1) is 6.92 Å². The molecule has 2 N–H and O–H groups in total. The van der Waals surface area contributed by atoms with Gasteiger partial charge in [-0.25, -0.2) is 9.97 Å². The zero-order valence-corrected chi connectivity index (χ0v) is 11.3. The number of benzene rings is 1. The minimum atomic E-state index is 0.473. The molecule has 0 saturated carbocycles. The zero-order chi connectivity index (χ0) is 12.4. The molecule has 2 aromatic rings. The van der Waals surface area contributed by atoms with Gasteiger partial charge in [0.05, 0.1) is 5.02 Å². The molecule has 3 nitrogen and oxygen atoms in total. The molecule has 0 amide bonds. The van der Waals surface area contributed by atoms with E-state index in [-0.39, 0.29) is 0 Å². The van der Waals surface area contributed by atoms with Gasteiger partial charge < -0.3 is 5.73 Å². The van der Waals surface area contributed by atoms with E-state index in [1.165, 1.54) is 18.1 Å². The van der Waals surface area contributed by atoms with E-state index >= 15 is 0 Å². The van der Waals surface area contributed by atoms with Crippen LogP contribution in [0.1, 0.15) is 5.56 Å². The SMILES string of the molecule is Cc1c(N)ncnc1Sc1cc(Cl)ccc1Cl. The number of hydrogen-bond donors (Lipinski definition) is 1. The molecule has 0 atom stereocenters. The molecule has 0 aliphatic heterocycles. The summed E-state index contributed by atoms with van der Waals surface area (Å²) in [6.07, 6.45) is 1.43. The molecule has 88 valence electrons. The van der Waals surface area contributed by atoms with E-state index in [0.29, 0.717) is 15.9 Å². The summed E-state index contributed by atoms with van der Waals surface area (Å²) >= 11 is 13.4. The summed E-state index contributed by atoms with van der Waals surface area (Å²) in [7, 11) is 0. The van der Waals surface area contributed by atoms with Crippen molar-refractivity contribution >= 4 is 40.8 Å². The number of aromatic nitrogens is 2. The van der Waals surface area contributed by atoms with Crippen molar-refractivity contribution < 1.29 is 0 Å². The summed E-state index contributed by atoms with van der Waals surface area (Å²) in [5, 5.41) is 2.05. The normalized spacial score (nSPS) is 10.5. The molecule has 0 aliphatic carbocycles. The van der Waals surface area contributed by atoms with Crippen LogP contribution in [0.5, 0.6) is 0 Å². The fraction of sp³-hybridized carbons (Fsp3) is 0.0909. The van der Waals surface area contributed by atoms with Crippen molar-refractivity contribution in [2.45, 2.75) is 16.8 Å². The van der Waals surface area contributed by atoms with Gasteiger partial charge in [0.15, 0.2) is 0 Å². The molecule has 0 fully saturated rings. The second-order valence-electron chi connectivity index (χ2n) is 3.37. The first-order chi connectivity index (χ1) is 8.08. The van der Waals surface area contributed by atoms with Crippen LogP contribution >= 0.6 is 35.0 Å². The van der Waals surface area contributed by atoms with Crippen LogP contribution in [0.2, 0.25) is 10.0 Å². The highest BCUT2D eigenvalue weighted by Crippen LogP contribution is 2.35. The molecule has 0 spiro atoms. The Bertz CT molecular complexity index is 560. The number of nitrogens with two attached hydrogens (primary N) is 1. The number of nitrogen functional groups attached to an aromatic ring is 1. The van der Waals surface area contributed by atoms with Crippen molar-refractivity contribution in [3.8, 4) is 0 Å². The molecule has 1 aromatic carbocycles. The van der Waals surface area contributed by atoms with Gasteiger partial charge >= 0.3 is 0 Å². The number of hydrogen-bond acceptors (Lipinski definition) is 4. The number of anilines is 1. The summed E-state index contributed by atoms with van der Waals surface area (Å²) in [5.74, 6) is 0.473. The summed E-state index contributed by atoms with van der Waals surface area (Å²) < 4.78 is 0. The first-order valence-electron chi connectivity index (χ1n) is 4.78. The Balaban J connectivity index is 2.38. The van der Waals surface area contributed by atoms with Gasteiger partial charge in [-0.3, -0.25) is 0 Å². The lowest BCUT2D eigenvalue weighted by Crippen LogP contribution is -1.97. The Hall–Kier alpha value is -0.970. The monoisotopic (exact) mass is 285 g/mol. The van der Waals surface area contributed by atoms with Crippen molar-refractivity contribution in [1.29, 1.82) is 0 Å². The summed E-state index contributed by atoms with van der Waals surface area (Å²) in [4.78, 5) is 8.94. The maximum atomic E-state index is 6.08. The fourth-order valence-corrected chi connectivity index (χ4v) is 2.60. The molecule has 0 saturated heterocycles. The molecule has 2 rings (SSSR count). The zero-order valence-electron chi connectivity index (χ0n) is 8.95. The van der Waals surface area contributed by atoms with E-state index in [1.807, 2.05) is 6.92 Å². The molecule has 1 heterocycles. The maximum Gasteiger partial charge on any atom is 0.130 e. The Morgan fingerprint density at radius 1 is 1.24 bits per heavy atom. The van der Waals surface area contributed by atoms with Crippen molar-refractivity contribution in [1.82, 2.24) is 9.97 Å². The van der Waals surface area contributed by atoms with E-state index in [4.69, 9.17) is 28.9 Å². The molecule has 6 heteroatoms. The Morgan fingerprint density at radius 3 is 2.76 bits per heavy atom. The van der Waals surface area contributed by atoms with Gasteiger partial charge in [-0.2, -0.15) is 0 Å².